The second kappa shape index (κ2) is 4.70. The molecule has 0 amide bonds. The molecule has 1 aromatic heterocycles. The number of anilines is 1. The number of hydrogen-bond donors (Lipinski definition) is 1. The van der Waals surface area contributed by atoms with Gasteiger partial charge in [0.1, 0.15) is 12.4 Å². The van der Waals surface area contributed by atoms with Crippen molar-refractivity contribution in [3.63, 3.8) is 0 Å². The number of aryl methyl sites for hydroxylation is 1. The molecule has 0 aliphatic heterocycles. The van der Waals surface area contributed by atoms with Gasteiger partial charge in [0.25, 0.3) is 0 Å². The molecular weight excluding hydrogens is 202 g/mol. The minimum absolute atomic E-state index is 0.612. The second-order valence-corrected chi connectivity index (χ2v) is 3.65. The van der Waals surface area contributed by atoms with Gasteiger partial charge in [-0.3, -0.25) is 0 Å². The molecule has 0 unspecified atom stereocenters. The van der Waals surface area contributed by atoms with Crippen molar-refractivity contribution in [2.75, 3.05) is 12.3 Å². The van der Waals surface area contributed by atoms with Gasteiger partial charge in [0, 0.05) is 23.6 Å². The molecule has 0 fully saturated rings. The van der Waals surface area contributed by atoms with Gasteiger partial charge < -0.3 is 15.0 Å². The van der Waals surface area contributed by atoms with Gasteiger partial charge in [-0.2, -0.15) is 0 Å². The number of nitrogens with two attached hydrogens (primary N) is 1. The molecule has 1 aromatic carbocycles. The lowest BCUT2D eigenvalue weighted by Crippen LogP contribution is -2.08. The molecule has 0 radical (unpaired) electrons. The van der Waals surface area contributed by atoms with Gasteiger partial charge in [0.15, 0.2) is 0 Å². The van der Waals surface area contributed by atoms with Crippen LogP contribution in [0, 0.1) is 6.92 Å². The van der Waals surface area contributed by atoms with Crippen molar-refractivity contribution in [2.24, 2.45) is 0 Å². The van der Waals surface area contributed by atoms with Crippen LogP contribution in [0.1, 0.15) is 5.69 Å². The van der Waals surface area contributed by atoms with E-state index in [4.69, 9.17) is 10.5 Å². The van der Waals surface area contributed by atoms with Gasteiger partial charge >= 0.3 is 0 Å². The summed E-state index contributed by atoms with van der Waals surface area (Å²) in [5.74, 6) is 0.803. The van der Waals surface area contributed by atoms with Gasteiger partial charge in [-0.25, -0.2) is 4.98 Å². The standard InChI is InChI=1S/C12H15N3O/c1-10-8-14-9-15(10)5-6-16-12-4-2-3-11(13)7-12/h2-4,7-9H,5-6,13H2,1H3. The molecule has 0 atom stereocenters. The summed E-state index contributed by atoms with van der Waals surface area (Å²) < 4.78 is 7.63. The molecule has 2 rings (SSSR count). The van der Waals surface area contributed by atoms with Crippen molar-refractivity contribution < 1.29 is 4.74 Å². The second-order valence-electron chi connectivity index (χ2n) is 3.65. The lowest BCUT2D eigenvalue weighted by Gasteiger charge is -2.08. The molecule has 0 aliphatic rings. The summed E-state index contributed by atoms with van der Waals surface area (Å²) in [6, 6.07) is 7.44. The number of nitrogens with zero attached hydrogens (tertiary/aromatic N) is 2. The Morgan fingerprint density at radius 2 is 2.31 bits per heavy atom. The summed E-state index contributed by atoms with van der Waals surface area (Å²) in [5, 5.41) is 0. The highest BCUT2D eigenvalue weighted by Crippen LogP contribution is 2.14. The molecule has 2 N–H and O–H groups in total. The summed E-state index contributed by atoms with van der Waals surface area (Å²) in [7, 11) is 0. The van der Waals surface area contributed by atoms with E-state index in [0.717, 1.165) is 23.7 Å². The molecule has 0 spiro atoms. The van der Waals surface area contributed by atoms with Crippen molar-refractivity contribution in [2.45, 2.75) is 13.5 Å². The van der Waals surface area contributed by atoms with E-state index in [0.29, 0.717) is 6.61 Å². The van der Waals surface area contributed by atoms with E-state index in [2.05, 4.69) is 4.98 Å². The topological polar surface area (TPSA) is 53.1 Å². The quantitative estimate of drug-likeness (QED) is 0.795. The molecule has 84 valence electrons. The Bertz CT molecular complexity index is 465. The van der Waals surface area contributed by atoms with E-state index in [1.807, 2.05) is 42.0 Å². The van der Waals surface area contributed by atoms with Crippen molar-refractivity contribution in [1.29, 1.82) is 0 Å². The highest BCUT2D eigenvalue weighted by atomic mass is 16.5. The maximum Gasteiger partial charge on any atom is 0.121 e. The van der Waals surface area contributed by atoms with Gasteiger partial charge in [-0.05, 0) is 19.1 Å². The molecule has 2 aromatic rings. The fraction of sp³-hybridized carbons (Fsp3) is 0.250. The van der Waals surface area contributed by atoms with Crippen molar-refractivity contribution >= 4 is 5.69 Å². The zero-order valence-electron chi connectivity index (χ0n) is 9.26. The smallest absolute Gasteiger partial charge is 0.121 e. The van der Waals surface area contributed by atoms with Crippen LogP contribution in [0.15, 0.2) is 36.8 Å². The molecule has 0 bridgehead atoms. The fourth-order valence-electron chi connectivity index (χ4n) is 1.49. The maximum absolute atomic E-state index is 5.65. The molecule has 0 aliphatic carbocycles. The van der Waals surface area contributed by atoms with Crippen LogP contribution in [0.2, 0.25) is 0 Å². The Kier molecular flexibility index (Phi) is 3.10. The molecule has 16 heavy (non-hydrogen) atoms. The van der Waals surface area contributed by atoms with Gasteiger partial charge in [0.2, 0.25) is 0 Å². The third-order valence-corrected chi connectivity index (χ3v) is 2.38. The monoisotopic (exact) mass is 217 g/mol. The number of nitrogen functional groups attached to an aromatic ring is 1. The van der Waals surface area contributed by atoms with Crippen LogP contribution < -0.4 is 10.5 Å². The highest BCUT2D eigenvalue weighted by molar-refractivity contribution is 5.43. The molecule has 4 nitrogen and oxygen atoms in total. The van der Waals surface area contributed by atoms with Gasteiger partial charge in [-0.1, -0.05) is 6.07 Å². The predicted molar refractivity (Wildman–Crippen MR) is 63.3 cm³/mol. The largest absolute Gasteiger partial charge is 0.492 e. The van der Waals surface area contributed by atoms with E-state index in [-0.39, 0.29) is 0 Å². The third-order valence-electron chi connectivity index (χ3n) is 2.38. The Morgan fingerprint density at radius 1 is 1.44 bits per heavy atom. The first-order chi connectivity index (χ1) is 7.75. The number of rotatable bonds is 4. The van der Waals surface area contributed by atoms with E-state index < -0.39 is 0 Å². The maximum atomic E-state index is 5.65. The number of imidazole rings is 1. The summed E-state index contributed by atoms with van der Waals surface area (Å²) in [6.45, 7) is 3.43. The van der Waals surface area contributed by atoms with Crippen LogP contribution in [0.25, 0.3) is 0 Å². The van der Waals surface area contributed by atoms with Crippen LogP contribution in [0.4, 0.5) is 5.69 Å². The Hall–Kier alpha value is -1.97. The number of benzene rings is 1. The van der Waals surface area contributed by atoms with Crippen molar-refractivity contribution in [3.8, 4) is 5.75 Å². The molecule has 1 heterocycles. The third kappa shape index (κ3) is 2.53. The first-order valence-electron chi connectivity index (χ1n) is 5.21. The van der Waals surface area contributed by atoms with Gasteiger partial charge in [-0.15, -0.1) is 0 Å². The summed E-state index contributed by atoms with van der Waals surface area (Å²) in [5.41, 5.74) is 7.51. The molecule has 0 saturated heterocycles. The average molecular weight is 217 g/mol. The zero-order chi connectivity index (χ0) is 11.4. The van der Waals surface area contributed by atoms with Crippen LogP contribution in [-0.4, -0.2) is 16.2 Å². The minimum Gasteiger partial charge on any atom is -0.492 e. The lowest BCUT2D eigenvalue weighted by atomic mass is 10.3. The normalized spacial score (nSPS) is 10.3. The van der Waals surface area contributed by atoms with Crippen molar-refractivity contribution in [3.05, 3.63) is 42.5 Å². The highest BCUT2D eigenvalue weighted by Gasteiger charge is 1.97. The molecule has 4 heteroatoms. The Morgan fingerprint density at radius 3 is 3.00 bits per heavy atom. The van der Waals surface area contributed by atoms with Crippen molar-refractivity contribution in [1.82, 2.24) is 9.55 Å². The first kappa shape index (κ1) is 10.5. The zero-order valence-corrected chi connectivity index (χ0v) is 9.26. The summed E-state index contributed by atoms with van der Waals surface area (Å²) in [6.07, 6.45) is 3.64. The fourth-order valence-corrected chi connectivity index (χ4v) is 1.49. The lowest BCUT2D eigenvalue weighted by molar-refractivity contribution is 0.297. The molecule has 0 saturated carbocycles. The first-order valence-corrected chi connectivity index (χ1v) is 5.21. The average Bonchev–Trinajstić information content (AvgIpc) is 2.65. The minimum atomic E-state index is 0.612. The predicted octanol–water partition coefficient (Wildman–Crippen LogP) is 1.85. The number of ether oxygens (including phenoxy) is 1. The van der Waals surface area contributed by atoms with E-state index in [1.54, 1.807) is 6.33 Å². The number of hydrogen-bond acceptors (Lipinski definition) is 3. The van der Waals surface area contributed by atoms with Gasteiger partial charge in [0.05, 0.1) is 12.9 Å². The van der Waals surface area contributed by atoms with E-state index in [9.17, 15) is 0 Å². The van der Waals surface area contributed by atoms with Crippen LogP contribution in [-0.2, 0) is 6.54 Å². The van der Waals surface area contributed by atoms with Crippen LogP contribution in [0.3, 0.4) is 0 Å². The van der Waals surface area contributed by atoms with E-state index in [1.165, 1.54) is 0 Å². The SMILES string of the molecule is Cc1cncn1CCOc1cccc(N)c1. The Balaban J connectivity index is 1.87. The van der Waals surface area contributed by atoms with E-state index >= 15 is 0 Å². The molecular formula is C12H15N3O. The summed E-state index contributed by atoms with van der Waals surface area (Å²) >= 11 is 0. The summed E-state index contributed by atoms with van der Waals surface area (Å²) in [4.78, 5) is 4.05. The van der Waals surface area contributed by atoms with Crippen LogP contribution in [0.5, 0.6) is 5.75 Å². The number of aromatic nitrogens is 2. The Labute approximate surface area is 94.7 Å². The van der Waals surface area contributed by atoms with Crippen LogP contribution >= 0.6 is 0 Å².